The van der Waals surface area contributed by atoms with E-state index in [2.05, 4.69) is 25.9 Å². The number of aromatic amines is 1. The zero-order valence-electron chi connectivity index (χ0n) is 40.1. The second kappa shape index (κ2) is 23.2. The van der Waals surface area contributed by atoms with Crippen LogP contribution in [0.3, 0.4) is 0 Å². The van der Waals surface area contributed by atoms with Crippen LogP contribution in [0, 0.1) is 5.92 Å². The molecule has 2 aliphatic heterocycles. The lowest BCUT2D eigenvalue weighted by molar-refractivity contribution is -0.173. The van der Waals surface area contributed by atoms with Gasteiger partial charge in [-0.1, -0.05) is 163 Å². The van der Waals surface area contributed by atoms with Crippen LogP contribution in [0.1, 0.15) is 73.8 Å². The molecule has 1 aromatic heterocycles. The lowest BCUT2D eigenvalue weighted by Crippen LogP contribution is -2.71. The number of amides is 3. The number of fused-ring (bicyclic) bond motifs is 1. The fourth-order valence-corrected chi connectivity index (χ4v) is 10.6. The second-order valence-corrected chi connectivity index (χ2v) is 20.3. The van der Waals surface area contributed by atoms with Crippen molar-refractivity contribution in [3.8, 4) is 0 Å². The number of hydrogen-bond acceptors (Lipinski definition) is 16. The summed E-state index contributed by atoms with van der Waals surface area (Å²) in [7, 11) is 0. The Bertz CT molecular complexity index is 2840. The van der Waals surface area contributed by atoms with E-state index in [1.54, 1.807) is 99.6 Å². The molecule has 6 aromatic rings. The van der Waals surface area contributed by atoms with Gasteiger partial charge in [-0.2, -0.15) is 5.21 Å². The quantitative estimate of drug-likeness (QED) is 0.0115. The minimum Gasteiger partial charge on any atom is -0.459 e. The van der Waals surface area contributed by atoms with Crippen LogP contribution >= 0.6 is 23.5 Å². The minimum absolute atomic E-state index is 0.0140. The first-order valence-corrected chi connectivity index (χ1v) is 25.1. The van der Waals surface area contributed by atoms with E-state index in [-0.39, 0.29) is 17.0 Å². The van der Waals surface area contributed by atoms with Gasteiger partial charge in [0.25, 0.3) is 5.91 Å². The molecule has 0 bridgehead atoms. The molecule has 18 nitrogen and oxygen atoms in total. The zero-order chi connectivity index (χ0) is 51.6. The molecule has 5 atom stereocenters. The number of hydrazine groups is 1. The Balaban J connectivity index is 1.02. The van der Waals surface area contributed by atoms with Crippen LogP contribution in [-0.2, 0) is 42.9 Å². The predicted molar refractivity (Wildman–Crippen MR) is 269 cm³/mol. The molecule has 3 heterocycles. The highest BCUT2D eigenvalue weighted by Gasteiger charge is 2.56. The number of H-pyrrole nitrogens is 1. The molecular formula is C53H52N8O10S2. The highest BCUT2D eigenvalue weighted by molar-refractivity contribution is 8.01. The van der Waals surface area contributed by atoms with Gasteiger partial charge in [-0.25, -0.2) is 20.4 Å². The molecule has 8 rings (SSSR count). The number of β-lactam (4-membered cyclic amide) rings is 1. The summed E-state index contributed by atoms with van der Waals surface area (Å²) in [4.78, 5) is 86.7. The lowest BCUT2D eigenvalue weighted by Gasteiger charge is -2.50. The van der Waals surface area contributed by atoms with Gasteiger partial charge >= 0.3 is 24.0 Å². The number of aromatic nitrogens is 4. The van der Waals surface area contributed by atoms with Gasteiger partial charge in [-0.15, -0.1) is 22.0 Å². The SMILES string of the molecule is CC(Sc1nn[nH]n1)C1=C(C(=O)OC(c2ccccc2)c2ccccc2)N2C(=O)[C@@H](NC(=O)[C@H](c3ccccc3)N(N)C(=O)OC[C@H](C(=O)OC(c3ccccc3)c3ccccc3)C(=O)OC(C)(C)C)[C@H]2SC1. The van der Waals surface area contributed by atoms with Gasteiger partial charge in [0, 0.05) is 11.0 Å². The Morgan fingerprint density at radius 2 is 1.26 bits per heavy atom. The molecule has 0 aliphatic carbocycles. The van der Waals surface area contributed by atoms with Gasteiger partial charge in [0.1, 0.15) is 29.3 Å². The van der Waals surface area contributed by atoms with Crippen molar-refractivity contribution >= 4 is 59.3 Å². The van der Waals surface area contributed by atoms with Gasteiger partial charge in [0.05, 0.1) is 0 Å². The van der Waals surface area contributed by atoms with E-state index in [9.17, 15) is 28.8 Å². The predicted octanol–water partition coefficient (Wildman–Crippen LogP) is 7.01. The maximum atomic E-state index is 14.7. The van der Waals surface area contributed by atoms with Crippen LogP contribution < -0.4 is 11.2 Å². The third-order valence-electron chi connectivity index (χ3n) is 11.7. The number of hydrogen-bond donors (Lipinski definition) is 3. The number of carbonyl (C=O) groups excluding carboxylic acids is 6. The number of carbonyl (C=O) groups is 6. The maximum Gasteiger partial charge on any atom is 0.425 e. The number of thioether (sulfide) groups is 2. The number of rotatable bonds is 18. The highest BCUT2D eigenvalue weighted by atomic mass is 32.2. The average molecular weight is 1030 g/mol. The van der Waals surface area contributed by atoms with Crippen LogP contribution in [0.5, 0.6) is 0 Å². The van der Waals surface area contributed by atoms with E-state index in [0.717, 1.165) is 0 Å². The standard InChI is InChI=1S/C53H52N8O10S2/c1-32(73-51-56-58-59-57-51)39-31-72-47-40(46(63)60(47)42(39)50(66)70-44(36-26-16-8-17-27-36)37-28-18-9-19-29-37)55-45(62)41(33-20-10-5-11-21-33)61(54)52(67)68-30-38(49(65)71-53(2,3)4)48(64)69-43(34-22-12-6-13-23-34)35-24-14-7-15-25-35/h5-29,32,38,40-41,43-44,47H,30-31,54H2,1-4H3,(H,55,62)(H,56,57,58,59)/t32?,38-,40-,41+,47-/m1/s1. The second-order valence-electron chi connectivity index (χ2n) is 17.9. The molecule has 1 unspecified atom stereocenters. The average Bonchev–Trinajstić information content (AvgIpc) is 3.92. The number of esters is 3. The third kappa shape index (κ3) is 12.3. The first-order chi connectivity index (χ1) is 35.2. The van der Waals surface area contributed by atoms with Crippen molar-refractivity contribution < 1.29 is 47.7 Å². The van der Waals surface area contributed by atoms with Crippen molar-refractivity contribution in [2.75, 3.05) is 12.4 Å². The Morgan fingerprint density at radius 1 is 0.767 bits per heavy atom. The zero-order valence-corrected chi connectivity index (χ0v) is 41.7. The molecule has 5 aromatic carbocycles. The smallest absolute Gasteiger partial charge is 0.425 e. The molecule has 3 amide bonds. The number of nitrogens with one attached hydrogen (secondary N) is 2. The van der Waals surface area contributed by atoms with Crippen molar-refractivity contribution in [2.24, 2.45) is 11.8 Å². The molecule has 1 saturated heterocycles. The van der Waals surface area contributed by atoms with Crippen molar-refractivity contribution in [1.29, 1.82) is 0 Å². The van der Waals surface area contributed by atoms with E-state index >= 15 is 0 Å². The number of tetrazole rings is 1. The third-order valence-corrected chi connectivity index (χ3v) is 14.0. The molecule has 2 aliphatic rings. The maximum absolute atomic E-state index is 14.7. The normalized spacial score (nSPS) is 16.6. The largest absolute Gasteiger partial charge is 0.459 e. The Kier molecular flexibility index (Phi) is 16.4. The van der Waals surface area contributed by atoms with Crippen LogP contribution in [0.4, 0.5) is 4.79 Å². The summed E-state index contributed by atoms with van der Waals surface area (Å²) < 4.78 is 23.4. The summed E-state index contributed by atoms with van der Waals surface area (Å²) in [6.07, 6.45) is -3.07. The summed E-state index contributed by atoms with van der Waals surface area (Å²) >= 11 is 2.55. The summed E-state index contributed by atoms with van der Waals surface area (Å²) in [5.74, 6) is 0.603. The molecule has 376 valence electrons. The molecule has 0 saturated carbocycles. The van der Waals surface area contributed by atoms with Crippen molar-refractivity contribution in [3.05, 3.63) is 191 Å². The van der Waals surface area contributed by atoms with Crippen LogP contribution in [-0.4, -0.2) is 101 Å². The molecule has 4 N–H and O–H groups in total. The van der Waals surface area contributed by atoms with Crippen LogP contribution in [0.2, 0.25) is 0 Å². The molecule has 73 heavy (non-hydrogen) atoms. The number of benzene rings is 5. The van der Waals surface area contributed by atoms with E-state index in [0.29, 0.717) is 38.0 Å². The van der Waals surface area contributed by atoms with E-state index < -0.39 is 88.9 Å². The molecule has 0 radical (unpaired) electrons. The number of nitrogens with two attached hydrogens (primary N) is 1. The topological polar surface area (TPSA) is 238 Å². The summed E-state index contributed by atoms with van der Waals surface area (Å²) in [6, 6.07) is 41.5. The molecule has 20 heteroatoms. The lowest BCUT2D eigenvalue weighted by atomic mass is 9.99. The molecular weight excluding hydrogens is 973 g/mol. The van der Waals surface area contributed by atoms with Gasteiger partial charge in [0.2, 0.25) is 11.1 Å². The number of ether oxygens (including phenoxy) is 4. The molecule has 0 spiro atoms. The monoisotopic (exact) mass is 1020 g/mol. The first kappa shape index (κ1) is 51.5. The summed E-state index contributed by atoms with van der Waals surface area (Å²) in [6.45, 7) is 5.83. The first-order valence-electron chi connectivity index (χ1n) is 23.2. The Labute approximate surface area is 429 Å². The van der Waals surface area contributed by atoms with Crippen LogP contribution in [0.25, 0.3) is 0 Å². The number of nitrogens with zero attached hydrogens (tertiary/aromatic N) is 5. The van der Waals surface area contributed by atoms with E-state index in [1.165, 1.54) is 28.4 Å². The molecule has 1 fully saturated rings. The minimum atomic E-state index is -1.78. The Morgan fingerprint density at radius 3 is 1.74 bits per heavy atom. The fraction of sp³-hybridized carbons (Fsp3) is 0.264. The van der Waals surface area contributed by atoms with Crippen LogP contribution in [0.15, 0.2) is 168 Å². The van der Waals surface area contributed by atoms with Crippen molar-refractivity contribution in [1.82, 2.24) is 35.8 Å². The summed E-state index contributed by atoms with van der Waals surface area (Å²) in [5, 5.41) is 16.6. The van der Waals surface area contributed by atoms with E-state index in [4.69, 9.17) is 24.8 Å². The van der Waals surface area contributed by atoms with E-state index in [1.807, 2.05) is 79.7 Å². The highest BCUT2D eigenvalue weighted by Crippen LogP contribution is 2.45. The van der Waals surface area contributed by atoms with Gasteiger partial charge in [-0.3, -0.25) is 24.1 Å². The van der Waals surface area contributed by atoms with Gasteiger partial charge in [0.15, 0.2) is 24.2 Å². The summed E-state index contributed by atoms with van der Waals surface area (Å²) in [5.41, 5.74) is 2.43. The van der Waals surface area contributed by atoms with Crippen molar-refractivity contribution in [2.45, 2.75) is 73.4 Å². The van der Waals surface area contributed by atoms with Crippen molar-refractivity contribution in [3.63, 3.8) is 0 Å². The van der Waals surface area contributed by atoms with Gasteiger partial charge in [-0.05, 0) is 66.3 Å². The van der Waals surface area contributed by atoms with Gasteiger partial charge < -0.3 is 24.3 Å². The Hall–Kier alpha value is -7.81. The fourth-order valence-electron chi connectivity index (χ4n) is 8.15.